The summed E-state index contributed by atoms with van der Waals surface area (Å²) < 4.78 is 0. The van der Waals surface area contributed by atoms with Crippen LogP contribution in [-0.2, 0) is 9.59 Å². The lowest BCUT2D eigenvalue weighted by Gasteiger charge is -2.32. The molecule has 0 saturated carbocycles. The molecule has 0 N–H and O–H groups in total. The largest absolute Gasteiger partial charge is 0.342 e. The number of carbonyl (C=O) groups is 2. The minimum atomic E-state index is 0.0450. The van der Waals surface area contributed by atoms with Crippen LogP contribution in [0.1, 0.15) is 36.8 Å². The standard InChI is InChI=1S/C20H26N2O2/c1-16-5-4-6-17(15-16)7-8-19(23)21-13-9-18(10-14-21)20(24)22-11-2-3-12-22/h4-8,15,18H,2-3,9-14H2,1H3/b8-7+. The third-order valence-corrected chi connectivity index (χ3v) is 5.03. The summed E-state index contributed by atoms with van der Waals surface area (Å²) >= 11 is 0. The number of likely N-dealkylation sites (tertiary alicyclic amines) is 2. The van der Waals surface area contributed by atoms with Crippen molar-refractivity contribution in [3.63, 3.8) is 0 Å². The molecule has 4 nitrogen and oxygen atoms in total. The second-order valence-corrected chi connectivity index (χ2v) is 6.88. The van der Waals surface area contributed by atoms with Gasteiger partial charge in [-0.3, -0.25) is 9.59 Å². The van der Waals surface area contributed by atoms with Crippen LogP contribution in [0.4, 0.5) is 0 Å². The predicted molar refractivity (Wildman–Crippen MR) is 95.3 cm³/mol. The molecule has 0 aromatic heterocycles. The molecule has 0 spiro atoms. The number of aryl methyl sites for hydroxylation is 1. The van der Waals surface area contributed by atoms with E-state index >= 15 is 0 Å². The van der Waals surface area contributed by atoms with Gasteiger partial charge in [-0.15, -0.1) is 0 Å². The summed E-state index contributed by atoms with van der Waals surface area (Å²) in [5.74, 6) is 0.450. The molecule has 2 amide bonds. The maximum atomic E-state index is 12.4. The highest BCUT2D eigenvalue weighted by Gasteiger charge is 2.30. The second-order valence-electron chi connectivity index (χ2n) is 6.88. The predicted octanol–water partition coefficient (Wildman–Crippen LogP) is 2.87. The number of amides is 2. The Bertz CT molecular complexity index is 624. The normalized spacial score (nSPS) is 19.2. The second kappa shape index (κ2) is 7.65. The van der Waals surface area contributed by atoms with Gasteiger partial charge in [0.2, 0.25) is 11.8 Å². The number of hydrogen-bond acceptors (Lipinski definition) is 2. The van der Waals surface area contributed by atoms with E-state index in [0.717, 1.165) is 44.3 Å². The van der Waals surface area contributed by atoms with Gasteiger partial charge in [0.25, 0.3) is 0 Å². The van der Waals surface area contributed by atoms with Crippen LogP contribution in [0.2, 0.25) is 0 Å². The summed E-state index contributed by atoms with van der Waals surface area (Å²) in [6.07, 6.45) is 7.37. The van der Waals surface area contributed by atoms with Crippen LogP contribution in [0, 0.1) is 12.8 Å². The molecule has 0 unspecified atom stereocenters. The van der Waals surface area contributed by atoms with E-state index in [0.29, 0.717) is 19.0 Å². The minimum absolute atomic E-state index is 0.0450. The monoisotopic (exact) mass is 326 g/mol. The molecule has 2 aliphatic rings. The summed E-state index contributed by atoms with van der Waals surface area (Å²) in [6, 6.07) is 8.10. The van der Waals surface area contributed by atoms with E-state index in [1.165, 1.54) is 5.56 Å². The van der Waals surface area contributed by atoms with E-state index in [-0.39, 0.29) is 11.8 Å². The minimum Gasteiger partial charge on any atom is -0.342 e. The lowest BCUT2D eigenvalue weighted by Crippen LogP contribution is -2.43. The number of benzene rings is 1. The molecular weight excluding hydrogens is 300 g/mol. The van der Waals surface area contributed by atoms with Crippen molar-refractivity contribution >= 4 is 17.9 Å². The first-order valence-corrected chi connectivity index (χ1v) is 8.96. The molecule has 128 valence electrons. The van der Waals surface area contributed by atoms with Gasteiger partial charge in [0.05, 0.1) is 0 Å². The molecule has 0 atom stereocenters. The van der Waals surface area contributed by atoms with Crippen LogP contribution in [0.25, 0.3) is 6.08 Å². The SMILES string of the molecule is Cc1cccc(/C=C/C(=O)N2CCC(C(=O)N3CCCC3)CC2)c1. The molecular formula is C20H26N2O2. The zero-order chi connectivity index (χ0) is 16.9. The summed E-state index contributed by atoms with van der Waals surface area (Å²) in [6.45, 7) is 5.23. The lowest BCUT2D eigenvalue weighted by molar-refractivity contribution is -0.138. The zero-order valence-corrected chi connectivity index (χ0v) is 14.4. The number of nitrogens with zero attached hydrogens (tertiary/aromatic N) is 2. The van der Waals surface area contributed by atoms with Crippen molar-refractivity contribution in [3.05, 3.63) is 41.5 Å². The average molecular weight is 326 g/mol. The zero-order valence-electron chi connectivity index (χ0n) is 14.4. The van der Waals surface area contributed by atoms with E-state index in [1.54, 1.807) is 6.08 Å². The Morgan fingerprint density at radius 1 is 1.04 bits per heavy atom. The van der Waals surface area contributed by atoms with Crippen molar-refractivity contribution in [1.82, 2.24) is 9.80 Å². The van der Waals surface area contributed by atoms with Gasteiger partial charge in [-0.1, -0.05) is 29.8 Å². The highest BCUT2D eigenvalue weighted by Crippen LogP contribution is 2.22. The van der Waals surface area contributed by atoms with Crippen LogP contribution < -0.4 is 0 Å². The summed E-state index contributed by atoms with van der Waals surface area (Å²) in [5.41, 5.74) is 2.23. The number of hydrogen-bond donors (Lipinski definition) is 0. The fourth-order valence-corrected chi connectivity index (χ4v) is 3.59. The Labute approximate surface area is 144 Å². The van der Waals surface area contributed by atoms with E-state index in [2.05, 4.69) is 6.07 Å². The number of rotatable bonds is 3. The van der Waals surface area contributed by atoms with Crippen molar-refractivity contribution in [3.8, 4) is 0 Å². The summed E-state index contributed by atoms with van der Waals surface area (Å²) in [4.78, 5) is 28.6. The molecule has 2 saturated heterocycles. The van der Waals surface area contributed by atoms with Crippen molar-refractivity contribution in [2.24, 2.45) is 5.92 Å². The molecule has 1 aromatic rings. The molecule has 0 bridgehead atoms. The highest BCUT2D eigenvalue weighted by atomic mass is 16.2. The fraction of sp³-hybridized carbons (Fsp3) is 0.500. The van der Waals surface area contributed by atoms with Gasteiger partial charge in [-0.25, -0.2) is 0 Å². The van der Waals surface area contributed by atoms with Gasteiger partial charge < -0.3 is 9.80 Å². The van der Waals surface area contributed by atoms with E-state index in [4.69, 9.17) is 0 Å². The third kappa shape index (κ3) is 4.05. The van der Waals surface area contributed by atoms with Gasteiger partial charge in [0.1, 0.15) is 0 Å². The van der Waals surface area contributed by atoms with Crippen molar-refractivity contribution < 1.29 is 9.59 Å². The topological polar surface area (TPSA) is 40.6 Å². The molecule has 4 heteroatoms. The van der Waals surface area contributed by atoms with Crippen molar-refractivity contribution in [2.45, 2.75) is 32.6 Å². The smallest absolute Gasteiger partial charge is 0.246 e. The Kier molecular flexibility index (Phi) is 5.34. The maximum Gasteiger partial charge on any atom is 0.246 e. The van der Waals surface area contributed by atoms with Gasteiger partial charge in [-0.05, 0) is 44.2 Å². The molecule has 2 aliphatic heterocycles. The molecule has 0 aliphatic carbocycles. The van der Waals surface area contributed by atoms with Crippen molar-refractivity contribution in [1.29, 1.82) is 0 Å². The van der Waals surface area contributed by atoms with Gasteiger partial charge in [-0.2, -0.15) is 0 Å². The van der Waals surface area contributed by atoms with Crippen LogP contribution in [-0.4, -0.2) is 47.8 Å². The summed E-state index contributed by atoms with van der Waals surface area (Å²) in [5, 5.41) is 0. The van der Waals surface area contributed by atoms with E-state index < -0.39 is 0 Å². The van der Waals surface area contributed by atoms with Crippen LogP contribution in [0.5, 0.6) is 0 Å². The Morgan fingerprint density at radius 2 is 1.75 bits per heavy atom. The number of carbonyl (C=O) groups excluding carboxylic acids is 2. The van der Waals surface area contributed by atoms with Crippen LogP contribution in [0.15, 0.2) is 30.3 Å². The lowest BCUT2D eigenvalue weighted by atomic mass is 9.95. The van der Waals surface area contributed by atoms with Crippen LogP contribution in [0.3, 0.4) is 0 Å². The summed E-state index contributed by atoms with van der Waals surface area (Å²) in [7, 11) is 0. The van der Waals surface area contributed by atoms with E-state index in [9.17, 15) is 9.59 Å². The fourth-order valence-electron chi connectivity index (χ4n) is 3.59. The number of piperidine rings is 1. The quantitative estimate of drug-likeness (QED) is 0.802. The van der Waals surface area contributed by atoms with E-state index in [1.807, 2.05) is 41.0 Å². The molecule has 3 rings (SSSR count). The first kappa shape index (κ1) is 16.7. The molecule has 24 heavy (non-hydrogen) atoms. The molecule has 2 fully saturated rings. The highest BCUT2D eigenvalue weighted by molar-refractivity contribution is 5.92. The molecule has 2 heterocycles. The first-order valence-electron chi connectivity index (χ1n) is 8.96. The third-order valence-electron chi connectivity index (χ3n) is 5.03. The Hall–Kier alpha value is -2.10. The average Bonchev–Trinajstić information content (AvgIpc) is 3.14. The van der Waals surface area contributed by atoms with Gasteiger partial charge >= 0.3 is 0 Å². The molecule has 0 radical (unpaired) electrons. The molecule has 1 aromatic carbocycles. The van der Waals surface area contributed by atoms with Crippen molar-refractivity contribution in [2.75, 3.05) is 26.2 Å². The maximum absolute atomic E-state index is 12.4. The van der Waals surface area contributed by atoms with Crippen LogP contribution >= 0.6 is 0 Å². The first-order chi connectivity index (χ1) is 11.6. The van der Waals surface area contributed by atoms with Gasteiger partial charge in [0, 0.05) is 38.2 Å². The van der Waals surface area contributed by atoms with Gasteiger partial charge in [0.15, 0.2) is 0 Å². The Morgan fingerprint density at radius 3 is 2.42 bits per heavy atom. The Balaban J connectivity index is 1.50.